The summed E-state index contributed by atoms with van der Waals surface area (Å²) in [4.78, 5) is 30.1. The molecule has 1 aliphatic carbocycles. The van der Waals surface area contributed by atoms with Crippen molar-refractivity contribution in [3.8, 4) is 0 Å². The number of carbonyl (C=O) groups excluding carboxylic acids is 2. The predicted octanol–water partition coefficient (Wildman–Crippen LogP) is 3.28. The molecule has 2 saturated heterocycles. The lowest BCUT2D eigenvalue weighted by molar-refractivity contribution is -0.139. The fourth-order valence-electron chi connectivity index (χ4n) is 6.24. The second-order valence-electron chi connectivity index (χ2n) is 11.2. The Kier molecular flexibility index (Phi) is 6.25. The van der Waals surface area contributed by atoms with Crippen molar-refractivity contribution in [2.75, 3.05) is 31.1 Å². The topological polar surface area (TPSA) is 78.0 Å². The number of carbonyl (C=O) groups is 2. The standard InChI is InChI=1S/C26H37N3O4S/c1-17-11-18(2)15-27(14-17)25(30)21-5-4-10-28(16-21)34(32,33)23-8-9-24-22(13-23)12-19(3)29(24)26(31)20-6-7-20/h8-9,13,17-21H,4-7,10-12,14-16H2,1-3H3/t17-,18+,19-,21-/m1/s1. The van der Waals surface area contributed by atoms with Crippen LogP contribution < -0.4 is 4.90 Å². The lowest BCUT2D eigenvalue weighted by Crippen LogP contribution is -2.50. The molecular formula is C26H37N3O4S. The van der Waals surface area contributed by atoms with Gasteiger partial charge in [-0.2, -0.15) is 4.31 Å². The highest BCUT2D eigenvalue weighted by Crippen LogP contribution is 2.40. The summed E-state index contributed by atoms with van der Waals surface area (Å²) in [6, 6.07) is 5.24. The Labute approximate surface area is 203 Å². The second kappa shape index (κ2) is 8.94. The van der Waals surface area contributed by atoms with Crippen LogP contribution in [0.1, 0.15) is 58.4 Å². The van der Waals surface area contributed by atoms with Gasteiger partial charge in [-0.15, -0.1) is 0 Å². The van der Waals surface area contributed by atoms with Gasteiger partial charge in [0.15, 0.2) is 0 Å². The van der Waals surface area contributed by atoms with Crippen molar-refractivity contribution in [2.24, 2.45) is 23.7 Å². The van der Waals surface area contributed by atoms with E-state index in [0.717, 1.165) is 50.0 Å². The Morgan fingerprint density at radius 1 is 0.912 bits per heavy atom. The first kappa shape index (κ1) is 23.8. The number of nitrogens with zero attached hydrogens (tertiary/aromatic N) is 3. The van der Waals surface area contributed by atoms with Gasteiger partial charge in [0, 0.05) is 43.8 Å². The van der Waals surface area contributed by atoms with Crippen LogP contribution in [0.15, 0.2) is 23.1 Å². The average Bonchev–Trinajstić information content (AvgIpc) is 3.59. The van der Waals surface area contributed by atoms with Crippen LogP contribution in [-0.4, -0.2) is 61.7 Å². The van der Waals surface area contributed by atoms with E-state index >= 15 is 0 Å². The molecule has 8 heteroatoms. The second-order valence-corrected chi connectivity index (χ2v) is 13.2. The van der Waals surface area contributed by atoms with Crippen molar-refractivity contribution in [1.29, 1.82) is 0 Å². The Bertz CT molecular complexity index is 1070. The van der Waals surface area contributed by atoms with Gasteiger partial charge >= 0.3 is 0 Å². The Morgan fingerprint density at radius 2 is 1.62 bits per heavy atom. The van der Waals surface area contributed by atoms with Crippen LogP contribution in [0.5, 0.6) is 0 Å². The van der Waals surface area contributed by atoms with E-state index in [4.69, 9.17) is 0 Å². The molecule has 0 aromatic heterocycles. The van der Waals surface area contributed by atoms with Gasteiger partial charge in [-0.1, -0.05) is 13.8 Å². The molecule has 0 spiro atoms. The van der Waals surface area contributed by atoms with E-state index in [9.17, 15) is 18.0 Å². The molecule has 5 rings (SSSR count). The lowest BCUT2D eigenvalue weighted by atomic mass is 9.90. The van der Waals surface area contributed by atoms with E-state index in [-0.39, 0.29) is 41.1 Å². The zero-order chi connectivity index (χ0) is 24.2. The number of piperidine rings is 2. The third-order valence-corrected chi connectivity index (χ3v) is 9.84. The molecule has 3 aliphatic heterocycles. The van der Waals surface area contributed by atoms with Crippen molar-refractivity contribution < 1.29 is 18.0 Å². The SMILES string of the molecule is C[C@@H]1C[C@H](C)CN(C(=O)[C@@H]2CCCN(S(=O)(=O)c3ccc4c(c3)C[C@@H](C)N4C(=O)C3CC3)C2)C1. The molecule has 0 N–H and O–H groups in total. The number of anilines is 1. The molecule has 0 unspecified atom stereocenters. The summed E-state index contributed by atoms with van der Waals surface area (Å²) in [5.74, 6) is 1.09. The first-order valence-electron chi connectivity index (χ1n) is 12.9. The van der Waals surface area contributed by atoms with E-state index in [1.54, 1.807) is 18.2 Å². The van der Waals surface area contributed by atoms with Crippen molar-refractivity contribution in [3.05, 3.63) is 23.8 Å². The van der Waals surface area contributed by atoms with Crippen molar-refractivity contribution >= 4 is 27.5 Å². The molecule has 3 heterocycles. The molecule has 2 amide bonds. The maximum absolute atomic E-state index is 13.6. The molecule has 3 fully saturated rings. The Morgan fingerprint density at radius 3 is 2.29 bits per heavy atom. The summed E-state index contributed by atoms with van der Waals surface area (Å²) in [7, 11) is -3.70. The fourth-order valence-corrected chi connectivity index (χ4v) is 7.82. The number of fused-ring (bicyclic) bond motifs is 1. The highest BCUT2D eigenvalue weighted by Gasteiger charge is 2.41. The lowest BCUT2D eigenvalue weighted by Gasteiger charge is -2.39. The first-order chi connectivity index (χ1) is 16.1. The summed E-state index contributed by atoms with van der Waals surface area (Å²) >= 11 is 0. The van der Waals surface area contributed by atoms with Gasteiger partial charge in [0.25, 0.3) is 0 Å². The van der Waals surface area contributed by atoms with Crippen molar-refractivity contribution in [3.63, 3.8) is 0 Å². The zero-order valence-electron chi connectivity index (χ0n) is 20.6. The minimum absolute atomic E-state index is 0.0485. The van der Waals surface area contributed by atoms with E-state index in [1.807, 2.05) is 16.7 Å². The highest BCUT2D eigenvalue weighted by atomic mass is 32.2. The van der Waals surface area contributed by atoms with Crippen LogP contribution >= 0.6 is 0 Å². The number of sulfonamides is 1. The molecule has 4 atom stereocenters. The molecule has 1 aromatic carbocycles. The smallest absolute Gasteiger partial charge is 0.243 e. The van der Waals surface area contributed by atoms with Gasteiger partial charge < -0.3 is 9.80 Å². The average molecular weight is 488 g/mol. The summed E-state index contributed by atoms with van der Waals surface area (Å²) < 4.78 is 28.6. The van der Waals surface area contributed by atoms with Gasteiger partial charge in [0.05, 0.1) is 10.8 Å². The summed E-state index contributed by atoms with van der Waals surface area (Å²) in [5, 5.41) is 0. The number of hydrogen-bond acceptors (Lipinski definition) is 4. The third-order valence-electron chi connectivity index (χ3n) is 7.98. The van der Waals surface area contributed by atoms with Gasteiger partial charge in [0.1, 0.15) is 0 Å². The van der Waals surface area contributed by atoms with Crippen molar-refractivity contribution in [2.45, 2.75) is 70.2 Å². The summed E-state index contributed by atoms with van der Waals surface area (Å²) in [6.07, 6.45) is 5.14. The summed E-state index contributed by atoms with van der Waals surface area (Å²) in [5.41, 5.74) is 1.77. The zero-order valence-corrected chi connectivity index (χ0v) is 21.4. The van der Waals surface area contributed by atoms with Gasteiger partial charge in [0.2, 0.25) is 21.8 Å². The predicted molar refractivity (Wildman–Crippen MR) is 131 cm³/mol. The van der Waals surface area contributed by atoms with E-state index in [1.165, 1.54) is 4.31 Å². The molecule has 1 saturated carbocycles. The number of benzene rings is 1. The molecule has 186 valence electrons. The van der Waals surface area contributed by atoms with Crippen LogP contribution in [0.4, 0.5) is 5.69 Å². The number of likely N-dealkylation sites (tertiary alicyclic amines) is 1. The summed E-state index contributed by atoms with van der Waals surface area (Å²) in [6.45, 7) is 8.62. The molecule has 34 heavy (non-hydrogen) atoms. The highest BCUT2D eigenvalue weighted by molar-refractivity contribution is 7.89. The molecule has 0 radical (unpaired) electrons. The fraction of sp³-hybridized carbons (Fsp3) is 0.692. The Hall–Kier alpha value is -1.93. The third kappa shape index (κ3) is 4.39. The van der Waals surface area contributed by atoms with Gasteiger partial charge in [-0.25, -0.2) is 8.42 Å². The van der Waals surface area contributed by atoms with E-state index in [0.29, 0.717) is 31.2 Å². The van der Waals surface area contributed by atoms with Gasteiger partial charge in [-0.05, 0) is 81.0 Å². The van der Waals surface area contributed by atoms with Crippen LogP contribution in [0.3, 0.4) is 0 Å². The van der Waals surface area contributed by atoms with Crippen LogP contribution in [0.2, 0.25) is 0 Å². The first-order valence-corrected chi connectivity index (χ1v) is 14.3. The molecule has 7 nitrogen and oxygen atoms in total. The largest absolute Gasteiger partial charge is 0.342 e. The maximum Gasteiger partial charge on any atom is 0.243 e. The molecule has 0 bridgehead atoms. The monoisotopic (exact) mass is 487 g/mol. The molecule has 1 aromatic rings. The van der Waals surface area contributed by atoms with Gasteiger partial charge in [-0.3, -0.25) is 9.59 Å². The van der Waals surface area contributed by atoms with Crippen LogP contribution in [0.25, 0.3) is 0 Å². The van der Waals surface area contributed by atoms with E-state index in [2.05, 4.69) is 13.8 Å². The van der Waals surface area contributed by atoms with Crippen LogP contribution in [-0.2, 0) is 26.0 Å². The molecule has 4 aliphatic rings. The molecular weight excluding hydrogens is 450 g/mol. The quantitative estimate of drug-likeness (QED) is 0.653. The minimum atomic E-state index is -3.70. The van der Waals surface area contributed by atoms with E-state index < -0.39 is 10.0 Å². The number of hydrogen-bond donors (Lipinski definition) is 0. The maximum atomic E-state index is 13.6. The minimum Gasteiger partial charge on any atom is -0.342 e. The van der Waals surface area contributed by atoms with Crippen LogP contribution in [0, 0.1) is 23.7 Å². The number of rotatable bonds is 4. The van der Waals surface area contributed by atoms with Crippen molar-refractivity contribution in [1.82, 2.24) is 9.21 Å². The normalized spacial score (nSPS) is 30.3. The number of amides is 2. The Balaban J connectivity index is 1.32.